The molecule has 6 heteroatoms. The van der Waals surface area contributed by atoms with E-state index in [2.05, 4.69) is 46.3 Å². The highest BCUT2D eigenvalue weighted by Crippen LogP contribution is 2.20. The minimum atomic E-state index is 0.333. The Morgan fingerprint density at radius 2 is 1.94 bits per heavy atom. The van der Waals surface area contributed by atoms with Crippen molar-refractivity contribution in [2.75, 3.05) is 52.5 Å². The van der Waals surface area contributed by atoms with Crippen molar-refractivity contribution in [3.05, 3.63) is 35.4 Å². The van der Waals surface area contributed by atoms with Crippen molar-refractivity contribution in [3.63, 3.8) is 0 Å². The maximum atomic E-state index is 6.10. The van der Waals surface area contributed by atoms with Gasteiger partial charge in [-0.1, -0.05) is 24.3 Å². The highest BCUT2D eigenvalue weighted by Gasteiger charge is 2.27. The number of aliphatic imine (C=N–C) groups is 1. The van der Waals surface area contributed by atoms with Crippen LogP contribution in [0.3, 0.4) is 0 Å². The summed E-state index contributed by atoms with van der Waals surface area (Å²) >= 11 is 0. The van der Waals surface area contributed by atoms with Crippen molar-refractivity contribution < 1.29 is 9.47 Å². The number of hydrogen-bond donors (Lipinski definition) is 1. The highest BCUT2D eigenvalue weighted by molar-refractivity contribution is 5.80. The van der Waals surface area contributed by atoms with Crippen LogP contribution in [0.1, 0.15) is 50.2 Å². The molecule has 0 aromatic heterocycles. The van der Waals surface area contributed by atoms with E-state index in [9.17, 15) is 0 Å². The molecular weight excluding hydrogens is 388 g/mol. The van der Waals surface area contributed by atoms with E-state index < -0.39 is 0 Å². The lowest BCUT2D eigenvalue weighted by atomic mass is 10.1. The van der Waals surface area contributed by atoms with Gasteiger partial charge in [-0.2, -0.15) is 0 Å². The Hall–Kier alpha value is -1.63. The largest absolute Gasteiger partial charge is 0.381 e. The molecule has 3 saturated heterocycles. The van der Waals surface area contributed by atoms with Crippen LogP contribution < -0.4 is 5.32 Å². The van der Waals surface area contributed by atoms with E-state index in [-0.39, 0.29) is 0 Å². The molecule has 3 aliphatic rings. The minimum Gasteiger partial charge on any atom is -0.381 e. The Balaban J connectivity index is 1.29. The van der Waals surface area contributed by atoms with Crippen LogP contribution in [0.15, 0.2) is 29.3 Å². The first kappa shape index (κ1) is 22.6. The summed E-state index contributed by atoms with van der Waals surface area (Å²) in [6.07, 6.45) is 6.37. The fraction of sp³-hybridized carbons (Fsp3) is 0.720. The normalized spacial score (nSPS) is 23.6. The van der Waals surface area contributed by atoms with E-state index in [4.69, 9.17) is 14.5 Å². The Kier molecular flexibility index (Phi) is 8.62. The van der Waals surface area contributed by atoms with Gasteiger partial charge in [0.2, 0.25) is 0 Å². The van der Waals surface area contributed by atoms with Gasteiger partial charge in [0.15, 0.2) is 5.96 Å². The summed E-state index contributed by atoms with van der Waals surface area (Å²) in [7, 11) is 0. The molecular formula is C25H40N4O2. The van der Waals surface area contributed by atoms with Crippen LogP contribution in [0, 0.1) is 5.92 Å². The molecule has 172 valence electrons. The second kappa shape index (κ2) is 11.8. The number of likely N-dealkylation sites (tertiary alicyclic amines) is 2. The van der Waals surface area contributed by atoms with Crippen LogP contribution in [0.4, 0.5) is 0 Å². The van der Waals surface area contributed by atoms with Crippen LogP contribution in [0.2, 0.25) is 0 Å². The fourth-order valence-corrected chi connectivity index (χ4v) is 4.97. The van der Waals surface area contributed by atoms with Gasteiger partial charge >= 0.3 is 0 Å². The molecule has 0 bridgehead atoms. The molecule has 0 radical (unpaired) electrons. The van der Waals surface area contributed by atoms with Gasteiger partial charge in [0.05, 0.1) is 19.3 Å². The fourth-order valence-electron chi connectivity index (χ4n) is 4.97. The van der Waals surface area contributed by atoms with Crippen molar-refractivity contribution in [2.45, 2.75) is 58.3 Å². The zero-order chi connectivity index (χ0) is 21.3. The predicted molar refractivity (Wildman–Crippen MR) is 125 cm³/mol. The van der Waals surface area contributed by atoms with Crippen molar-refractivity contribution in [1.82, 2.24) is 15.1 Å². The van der Waals surface area contributed by atoms with E-state index in [0.717, 1.165) is 57.6 Å². The summed E-state index contributed by atoms with van der Waals surface area (Å²) in [5.74, 6) is 1.84. The molecule has 1 atom stereocenters. The first-order valence-corrected chi connectivity index (χ1v) is 12.3. The number of nitrogens with zero attached hydrogens (tertiary/aromatic N) is 3. The quantitative estimate of drug-likeness (QED) is 0.509. The molecule has 1 N–H and O–H groups in total. The van der Waals surface area contributed by atoms with Crippen LogP contribution in [0.5, 0.6) is 0 Å². The van der Waals surface area contributed by atoms with Crippen LogP contribution >= 0.6 is 0 Å². The lowest BCUT2D eigenvalue weighted by molar-refractivity contribution is -0.0390. The Morgan fingerprint density at radius 3 is 2.74 bits per heavy atom. The molecule has 0 spiro atoms. The van der Waals surface area contributed by atoms with Gasteiger partial charge < -0.3 is 24.6 Å². The highest BCUT2D eigenvalue weighted by atomic mass is 16.5. The average molecular weight is 429 g/mol. The van der Waals surface area contributed by atoms with Crippen LogP contribution in [0.25, 0.3) is 0 Å². The van der Waals surface area contributed by atoms with E-state index >= 15 is 0 Å². The van der Waals surface area contributed by atoms with Crippen molar-refractivity contribution in [2.24, 2.45) is 10.9 Å². The number of benzene rings is 1. The van der Waals surface area contributed by atoms with Crippen molar-refractivity contribution in [1.29, 1.82) is 0 Å². The lowest BCUT2D eigenvalue weighted by Gasteiger charge is -2.23. The molecule has 1 unspecified atom stereocenters. The van der Waals surface area contributed by atoms with E-state index in [1.54, 1.807) is 0 Å². The molecule has 0 aliphatic carbocycles. The monoisotopic (exact) mass is 428 g/mol. The average Bonchev–Trinajstić information content (AvgIpc) is 3.49. The van der Waals surface area contributed by atoms with Gasteiger partial charge in [0, 0.05) is 39.4 Å². The third-order valence-corrected chi connectivity index (χ3v) is 6.69. The first-order valence-electron chi connectivity index (χ1n) is 12.3. The molecule has 0 saturated carbocycles. The third-order valence-electron chi connectivity index (χ3n) is 6.69. The molecule has 3 heterocycles. The standard InChI is InChI=1S/C25H40N4O2/c1-2-26-25(29-13-8-23(19-29)18-28-11-3-4-12-28)27-17-21-6-5-7-22(16-21)20-31-24-9-14-30-15-10-24/h5-7,16,23-24H,2-4,8-15,17-20H2,1H3,(H,26,27). The summed E-state index contributed by atoms with van der Waals surface area (Å²) in [5.41, 5.74) is 2.48. The number of guanidine groups is 1. The summed E-state index contributed by atoms with van der Waals surface area (Å²) in [6.45, 7) is 12.2. The van der Waals surface area contributed by atoms with Crippen molar-refractivity contribution >= 4 is 5.96 Å². The number of ether oxygens (including phenoxy) is 2. The Bertz CT molecular complexity index is 699. The smallest absolute Gasteiger partial charge is 0.194 e. The summed E-state index contributed by atoms with van der Waals surface area (Å²) in [4.78, 5) is 10.1. The van der Waals surface area contributed by atoms with Gasteiger partial charge in [-0.3, -0.25) is 0 Å². The van der Waals surface area contributed by atoms with Crippen LogP contribution in [-0.2, 0) is 22.6 Å². The maximum Gasteiger partial charge on any atom is 0.194 e. The predicted octanol–water partition coefficient (Wildman–Crippen LogP) is 3.27. The van der Waals surface area contributed by atoms with Crippen LogP contribution in [-0.4, -0.2) is 74.3 Å². The zero-order valence-electron chi connectivity index (χ0n) is 19.2. The second-order valence-corrected chi connectivity index (χ2v) is 9.22. The van der Waals surface area contributed by atoms with E-state index in [1.165, 1.54) is 50.0 Å². The summed E-state index contributed by atoms with van der Waals surface area (Å²) in [6, 6.07) is 8.70. The van der Waals surface area contributed by atoms with Gasteiger partial charge in [-0.05, 0) is 69.2 Å². The van der Waals surface area contributed by atoms with Gasteiger partial charge in [-0.25, -0.2) is 4.99 Å². The Labute approximate surface area is 188 Å². The minimum absolute atomic E-state index is 0.333. The molecule has 6 nitrogen and oxygen atoms in total. The lowest BCUT2D eigenvalue weighted by Crippen LogP contribution is -2.40. The van der Waals surface area contributed by atoms with E-state index in [1.807, 2.05) is 0 Å². The summed E-state index contributed by atoms with van der Waals surface area (Å²) < 4.78 is 11.5. The molecule has 31 heavy (non-hydrogen) atoms. The third kappa shape index (κ3) is 6.93. The maximum absolute atomic E-state index is 6.10. The molecule has 0 amide bonds. The zero-order valence-corrected chi connectivity index (χ0v) is 19.2. The van der Waals surface area contributed by atoms with Gasteiger partial charge in [0.25, 0.3) is 0 Å². The molecule has 1 aromatic carbocycles. The second-order valence-electron chi connectivity index (χ2n) is 9.22. The first-order chi connectivity index (χ1) is 15.3. The number of hydrogen-bond acceptors (Lipinski definition) is 4. The molecule has 4 rings (SSSR count). The molecule has 3 aliphatic heterocycles. The molecule has 3 fully saturated rings. The summed E-state index contributed by atoms with van der Waals surface area (Å²) in [5, 5.41) is 3.52. The topological polar surface area (TPSA) is 49.3 Å². The van der Waals surface area contributed by atoms with Crippen molar-refractivity contribution in [3.8, 4) is 0 Å². The SMILES string of the molecule is CCNC(=NCc1cccc(COC2CCOCC2)c1)N1CCC(CN2CCCC2)C1. The number of nitrogens with one attached hydrogen (secondary N) is 1. The molecule has 1 aromatic rings. The number of rotatable bonds is 8. The van der Waals surface area contributed by atoms with Gasteiger partial charge in [-0.15, -0.1) is 0 Å². The van der Waals surface area contributed by atoms with Gasteiger partial charge in [0.1, 0.15) is 0 Å². The van der Waals surface area contributed by atoms with E-state index in [0.29, 0.717) is 19.3 Å². The Morgan fingerprint density at radius 1 is 1.13 bits per heavy atom.